The first kappa shape index (κ1) is 14.4. The highest BCUT2D eigenvalue weighted by molar-refractivity contribution is 5.66. The van der Waals surface area contributed by atoms with E-state index in [1.54, 1.807) is 7.11 Å². The van der Waals surface area contributed by atoms with Crippen LogP contribution < -0.4 is 14.8 Å². The summed E-state index contributed by atoms with van der Waals surface area (Å²) in [6, 6.07) is 4.32. The average molecular weight is 288 g/mol. The van der Waals surface area contributed by atoms with Crippen LogP contribution in [-0.4, -0.2) is 43.8 Å². The SMILES string of the molecule is COc1cc(CN2CCNCC2)cc2c1OC(C)(C)C=C2. The van der Waals surface area contributed by atoms with Gasteiger partial charge in [0.25, 0.3) is 0 Å². The molecule has 0 spiro atoms. The van der Waals surface area contributed by atoms with E-state index in [4.69, 9.17) is 9.47 Å². The normalized spacial score (nSPS) is 20.7. The van der Waals surface area contributed by atoms with Gasteiger partial charge in [0, 0.05) is 38.3 Å². The number of nitrogens with zero attached hydrogens (tertiary/aromatic N) is 1. The lowest BCUT2D eigenvalue weighted by Crippen LogP contribution is -2.42. The maximum Gasteiger partial charge on any atom is 0.169 e. The highest BCUT2D eigenvalue weighted by atomic mass is 16.5. The summed E-state index contributed by atoms with van der Waals surface area (Å²) in [5.41, 5.74) is 2.11. The standard InChI is InChI=1S/C17H24N2O2/c1-17(2)5-4-14-10-13(11-15(20-3)16(14)21-17)12-19-8-6-18-7-9-19/h4-5,10-11,18H,6-9,12H2,1-3H3. The van der Waals surface area contributed by atoms with Crippen molar-refractivity contribution in [3.63, 3.8) is 0 Å². The highest BCUT2D eigenvalue weighted by Gasteiger charge is 2.25. The van der Waals surface area contributed by atoms with Gasteiger partial charge in [-0.2, -0.15) is 0 Å². The molecule has 1 aromatic carbocycles. The van der Waals surface area contributed by atoms with Crippen molar-refractivity contribution in [1.29, 1.82) is 0 Å². The van der Waals surface area contributed by atoms with Crippen molar-refractivity contribution >= 4 is 6.08 Å². The molecule has 0 aromatic heterocycles. The number of ether oxygens (including phenoxy) is 2. The average Bonchev–Trinajstić information content (AvgIpc) is 2.47. The van der Waals surface area contributed by atoms with Crippen molar-refractivity contribution in [1.82, 2.24) is 10.2 Å². The number of hydrogen-bond acceptors (Lipinski definition) is 4. The van der Waals surface area contributed by atoms with Crippen LogP contribution in [0.4, 0.5) is 0 Å². The number of hydrogen-bond donors (Lipinski definition) is 1. The Morgan fingerprint density at radius 3 is 2.76 bits per heavy atom. The minimum absolute atomic E-state index is 0.277. The molecule has 2 aliphatic heterocycles. The second-order valence-electron chi connectivity index (χ2n) is 6.28. The minimum Gasteiger partial charge on any atom is -0.493 e. The summed E-state index contributed by atoms with van der Waals surface area (Å²) >= 11 is 0. The Morgan fingerprint density at radius 2 is 2.05 bits per heavy atom. The van der Waals surface area contributed by atoms with Gasteiger partial charge in [0.15, 0.2) is 11.5 Å². The third kappa shape index (κ3) is 3.22. The minimum atomic E-state index is -0.277. The van der Waals surface area contributed by atoms with E-state index < -0.39 is 0 Å². The van der Waals surface area contributed by atoms with Gasteiger partial charge in [0.2, 0.25) is 0 Å². The number of fused-ring (bicyclic) bond motifs is 1. The maximum atomic E-state index is 6.05. The highest BCUT2D eigenvalue weighted by Crippen LogP contribution is 2.39. The molecule has 3 rings (SSSR count). The van der Waals surface area contributed by atoms with Crippen molar-refractivity contribution < 1.29 is 9.47 Å². The van der Waals surface area contributed by atoms with Gasteiger partial charge >= 0.3 is 0 Å². The van der Waals surface area contributed by atoms with Crippen LogP contribution in [0.2, 0.25) is 0 Å². The molecule has 0 unspecified atom stereocenters. The van der Waals surface area contributed by atoms with Gasteiger partial charge in [-0.05, 0) is 37.6 Å². The summed E-state index contributed by atoms with van der Waals surface area (Å²) in [6.07, 6.45) is 4.24. The Hall–Kier alpha value is -1.52. The molecule has 0 saturated carbocycles. The number of methoxy groups -OCH3 is 1. The van der Waals surface area contributed by atoms with E-state index in [9.17, 15) is 0 Å². The van der Waals surface area contributed by atoms with Gasteiger partial charge in [-0.1, -0.05) is 6.08 Å². The van der Waals surface area contributed by atoms with E-state index in [-0.39, 0.29) is 5.60 Å². The third-order valence-corrected chi connectivity index (χ3v) is 4.01. The molecule has 21 heavy (non-hydrogen) atoms. The second-order valence-corrected chi connectivity index (χ2v) is 6.28. The summed E-state index contributed by atoms with van der Waals surface area (Å²) < 4.78 is 11.6. The summed E-state index contributed by atoms with van der Waals surface area (Å²) in [5.74, 6) is 1.68. The molecule has 0 radical (unpaired) electrons. The molecule has 2 heterocycles. The van der Waals surface area contributed by atoms with Crippen LogP contribution in [0.25, 0.3) is 6.08 Å². The molecule has 1 aromatic rings. The van der Waals surface area contributed by atoms with E-state index in [1.807, 2.05) is 0 Å². The molecule has 4 nitrogen and oxygen atoms in total. The Labute approximate surface area is 126 Å². The molecule has 1 N–H and O–H groups in total. The smallest absolute Gasteiger partial charge is 0.169 e. The predicted molar refractivity (Wildman–Crippen MR) is 84.9 cm³/mol. The molecule has 1 saturated heterocycles. The lowest BCUT2D eigenvalue weighted by atomic mass is 10.00. The van der Waals surface area contributed by atoms with Crippen LogP contribution in [0.1, 0.15) is 25.0 Å². The molecular weight excluding hydrogens is 264 g/mol. The lowest BCUT2D eigenvalue weighted by molar-refractivity contribution is 0.152. The maximum absolute atomic E-state index is 6.05. The molecule has 4 heteroatoms. The predicted octanol–water partition coefficient (Wildman–Crippen LogP) is 2.28. The summed E-state index contributed by atoms with van der Waals surface area (Å²) in [7, 11) is 1.71. The van der Waals surface area contributed by atoms with Crippen molar-refractivity contribution in [3.05, 3.63) is 29.3 Å². The third-order valence-electron chi connectivity index (χ3n) is 4.01. The molecular formula is C17H24N2O2. The number of nitrogens with one attached hydrogen (secondary N) is 1. The zero-order valence-corrected chi connectivity index (χ0v) is 13.1. The van der Waals surface area contributed by atoms with Crippen LogP contribution in [0.5, 0.6) is 11.5 Å². The molecule has 0 bridgehead atoms. The molecule has 1 fully saturated rings. The second kappa shape index (κ2) is 5.70. The Balaban J connectivity index is 1.86. The lowest BCUT2D eigenvalue weighted by Gasteiger charge is -2.30. The largest absolute Gasteiger partial charge is 0.493 e. The van der Waals surface area contributed by atoms with Gasteiger partial charge in [0.1, 0.15) is 5.60 Å². The zero-order chi connectivity index (χ0) is 14.9. The molecule has 2 aliphatic rings. The summed E-state index contributed by atoms with van der Waals surface area (Å²) in [5, 5.41) is 3.38. The zero-order valence-electron chi connectivity index (χ0n) is 13.1. The van der Waals surface area contributed by atoms with Crippen LogP contribution in [0.15, 0.2) is 18.2 Å². The Bertz CT molecular complexity index is 546. The van der Waals surface area contributed by atoms with E-state index in [2.05, 4.69) is 48.3 Å². The number of benzene rings is 1. The molecule has 0 aliphatic carbocycles. The fourth-order valence-electron chi connectivity index (χ4n) is 2.87. The first-order valence-corrected chi connectivity index (χ1v) is 7.60. The first-order valence-electron chi connectivity index (χ1n) is 7.60. The van der Waals surface area contributed by atoms with E-state index in [1.165, 1.54) is 5.56 Å². The van der Waals surface area contributed by atoms with E-state index >= 15 is 0 Å². The van der Waals surface area contributed by atoms with Crippen molar-refractivity contribution in [2.45, 2.75) is 26.0 Å². The van der Waals surface area contributed by atoms with Gasteiger partial charge in [0.05, 0.1) is 7.11 Å². The molecule has 114 valence electrons. The van der Waals surface area contributed by atoms with Gasteiger partial charge < -0.3 is 14.8 Å². The van der Waals surface area contributed by atoms with Crippen LogP contribution >= 0.6 is 0 Å². The fraction of sp³-hybridized carbons (Fsp3) is 0.529. The fourth-order valence-corrected chi connectivity index (χ4v) is 2.87. The van der Waals surface area contributed by atoms with Gasteiger partial charge in [-0.25, -0.2) is 0 Å². The summed E-state index contributed by atoms with van der Waals surface area (Å²) in [6.45, 7) is 9.40. The van der Waals surface area contributed by atoms with Crippen molar-refractivity contribution in [3.8, 4) is 11.5 Å². The van der Waals surface area contributed by atoms with Crippen LogP contribution in [0, 0.1) is 0 Å². The molecule has 0 atom stereocenters. The van der Waals surface area contributed by atoms with Crippen molar-refractivity contribution in [2.75, 3.05) is 33.3 Å². The van der Waals surface area contributed by atoms with Crippen LogP contribution in [0.3, 0.4) is 0 Å². The van der Waals surface area contributed by atoms with E-state index in [0.29, 0.717) is 0 Å². The Kier molecular flexibility index (Phi) is 3.91. The van der Waals surface area contributed by atoms with Crippen molar-refractivity contribution in [2.24, 2.45) is 0 Å². The van der Waals surface area contributed by atoms with Crippen LogP contribution in [-0.2, 0) is 6.54 Å². The summed E-state index contributed by atoms with van der Waals surface area (Å²) in [4.78, 5) is 2.47. The monoisotopic (exact) mass is 288 g/mol. The topological polar surface area (TPSA) is 33.7 Å². The quantitative estimate of drug-likeness (QED) is 0.925. The first-order chi connectivity index (χ1) is 10.1. The van der Waals surface area contributed by atoms with Gasteiger partial charge in [-0.15, -0.1) is 0 Å². The number of piperazine rings is 1. The Morgan fingerprint density at radius 1 is 1.29 bits per heavy atom. The number of rotatable bonds is 3. The van der Waals surface area contributed by atoms with E-state index in [0.717, 1.165) is 49.8 Å². The van der Waals surface area contributed by atoms with Gasteiger partial charge in [-0.3, -0.25) is 4.90 Å². The molecule has 0 amide bonds.